The summed E-state index contributed by atoms with van der Waals surface area (Å²) in [5.74, 6) is 0. The van der Waals surface area contributed by atoms with Gasteiger partial charge in [0.15, 0.2) is 0 Å². The largest absolute Gasteiger partial charge is 0.319 e. The van der Waals surface area contributed by atoms with E-state index in [1.807, 2.05) is 19.4 Å². The fraction of sp³-hybridized carbons (Fsp3) is 0.545. The highest BCUT2D eigenvalue weighted by molar-refractivity contribution is 5.85. The molecule has 15 heavy (non-hydrogen) atoms. The molecule has 0 aliphatic carbocycles. The van der Waals surface area contributed by atoms with Gasteiger partial charge in [-0.3, -0.25) is 4.98 Å². The highest BCUT2D eigenvalue weighted by atomic mass is 35.5. The lowest BCUT2D eigenvalue weighted by Gasteiger charge is -2.28. The van der Waals surface area contributed by atoms with Gasteiger partial charge in [0.05, 0.1) is 0 Å². The molecule has 1 atom stereocenters. The molecular formula is C11H18ClN3. The smallest absolute Gasteiger partial charge is 0.0270 e. The molecule has 2 N–H and O–H groups in total. The minimum absolute atomic E-state index is 0. The maximum Gasteiger partial charge on any atom is 0.0270 e. The molecular weight excluding hydrogens is 210 g/mol. The van der Waals surface area contributed by atoms with Crippen molar-refractivity contribution in [1.82, 2.24) is 15.6 Å². The van der Waals surface area contributed by atoms with Gasteiger partial charge in [-0.05, 0) is 37.7 Å². The summed E-state index contributed by atoms with van der Waals surface area (Å²) in [4.78, 5) is 4.07. The van der Waals surface area contributed by atoms with Crippen LogP contribution in [-0.2, 0) is 5.41 Å². The Labute approximate surface area is 97.1 Å². The van der Waals surface area contributed by atoms with Crippen LogP contribution in [0.25, 0.3) is 0 Å². The standard InChI is InChI=1S/C11H17N3.ClH/c1-12-8-11(4-7-14-9-11)10-2-5-13-6-3-10;/h2-3,5-6,12,14H,4,7-9H2,1H3;1H. The van der Waals surface area contributed by atoms with E-state index in [2.05, 4.69) is 27.8 Å². The summed E-state index contributed by atoms with van der Waals surface area (Å²) in [5.41, 5.74) is 1.67. The Kier molecular flexibility index (Phi) is 4.51. The first-order chi connectivity index (χ1) is 6.87. The monoisotopic (exact) mass is 227 g/mol. The summed E-state index contributed by atoms with van der Waals surface area (Å²) < 4.78 is 0. The van der Waals surface area contributed by atoms with E-state index < -0.39 is 0 Å². The number of rotatable bonds is 3. The summed E-state index contributed by atoms with van der Waals surface area (Å²) in [7, 11) is 2.02. The van der Waals surface area contributed by atoms with E-state index in [1.165, 1.54) is 12.0 Å². The van der Waals surface area contributed by atoms with Crippen molar-refractivity contribution in [2.75, 3.05) is 26.7 Å². The van der Waals surface area contributed by atoms with E-state index in [0.29, 0.717) is 0 Å². The molecule has 84 valence electrons. The van der Waals surface area contributed by atoms with Crippen molar-refractivity contribution in [2.24, 2.45) is 0 Å². The summed E-state index contributed by atoms with van der Waals surface area (Å²) >= 11 is 0. The number of hydrogen-bond donors (Lipinski definition) is 2. The van der Waals surface area contributed by atoms with Gasteiger partial charge in [-0.2, -0.15) is 0 Å². The van der Waals surface area contributed by atoms with Crippen LogP contribution >= 0.6 is 12.4 Å². The molecule has 1 saturated heterocycles. The molecule has 0 saturated carbocycles. The molecule has 4 heteroatoms. The molecule has 1 fully saturated rings. The minimum atomic E-state index is 0. The molecule has 2 heterocycles. The molecule has 0 spiro atoms. The van der Waals surface area contributed by atoms with Crippen LogP contribution in [0.2, 0.25) is 0 Å². The quantitative estimate of drug-likeness (QED) is 0.808. The lowest BCUT2D eigenvalue weighted by atomic mass is 9.80. The normalized spacial score (nSPS) is 24.9. The topological polar surface area (TPSA) is 37.0 Å². The van der Waals surface area contributed by atoms with E-state index in [4.69, 9.17) is 0 Å². The summed E-state index contributed by atoms with van der Waals surface area (Å²) in [6.45, 7) is 3.21. The first-order valence-electron chi connectivity index (χ1n) is 5.13. The van der Waals surface area contributed by atoms with Crippen molar-refractivity contribution in [3.05, 3.63) is 30.1 Å². The summed E-state index contributed by atoms with van der Waals surface area (Å²) in [5, 5.41) is 6.72. The van der Waals surface area contributed by atoms with E-state index >= 15 is 0 Å². The number of aromatic nitrogens is 1. The highest BCUT2D eigenvalue weighted by Gasteiger charge is 2.34. The van der Waals surface area contributed by atoms with Gasteiger partial charge >= 0.3 is 0 Å². The Morgan fingerprint density at radius 3 is 2.73 bits per heavy atom. The van der Waals surface area contributed by atoms with Gasteiger partial charge in [-0.25, -0.2) is 0 Å². The van der Waals surface area contributed by atoms with Crippen molar-refractivity contribution in [3.63, 3.8) is 0 Å². The maximum atomic E-state index is 4.07. The Morgan fingerprint density at radius 1 is 1.47 bits per heavy atom. The second kappa shape index (κ2) is 5.45. The fourth-order valence-corrected chi connectivity index (χ4v) is 2.29. The molecule has 2 rings (SSSR count). The Morgan fingerprint density at radius 2 is 2.20 bits per heavy atom. The Bertz CT molecular complexity index is 283. The average Bonchev–Trinajstić information content (AvgIpc) is 2.70. The van der Waals surface area contributed by atoms with Crippen LogP contribution in [0.3, 0.4) is 0 Å². The van der Waals surface area contributed by atoms with Gasteiger partial charge in [-0.15, -0.1) is 12.4 Å². The second-order valence-corrected chi connectivity index (χ2v) is 3.97. The minimum Gasteiger partial charge on any atom is -0.319 e. The summed E-state index contributed by atoms with van der Waals surface area (Å²) in [6, 6.07) is 4.26. The van der Waals surface area contributed by atoms with Crippen molar-refractivity contribution in [3.8, 4) is 0 Å². The van der Waals surface area contributed by atoms with Crippen molar-refractivity contribution >= 4 is 12.4 Å². The molecule has 1 unspecified atom stereocenters. The molecule has 0 bridgehead atoms. The molecule has 1 aromatic heterocycles. The zero-order valence-corrected chi connectivity index (χ0v) is 9.81. The van der Waals surface area contributed by atoms with Gasteiger partial charge < -0.3 is 10.6 Å². The number of nitrogens with one attached hydrogen (secondary N) is 2. The predicted molar refractivity (Wildman–Crippen MR) is 64.6 cm³/mol. The third-order valence-electron chi connectivity index (χ3n) is 3.05. The second-order valence-electron chi connectivity index (χ2n) is 3.97. The van der Waals surface area contributed by atoms with Crippen LogP contribution in [0.5, 0.6) is 0 Å². The van der Waals surface area contributed by atoms with Crippen molar-refractivity contribution < 1.29 is 0 Å². The van der Waals surface area contributed by atoms with Gasteiger partial charge in [0.1, 0.15) is 0 Å². The van der Waals surface area contributed by atoms with E-state index in [9.17, 15) is 0 Å². The van der Waals surface area contributed by atoms with Crippen molar-refractivity contribution in [1.29, 1.82) is 0 Å². The molecule has 0 amide bonds. The van der Waals surface area contributed by atoms with Gasteiger partial charge in [-0.1, -0.05) is 0 Å². The van der Waals surface area contributed by atoms with Crippen LogP contribution in [0.15, 0.2) is 24.5 Å². The van der Waals surface area contributed by atoms with Crippen LogP contribution < -0.4 is 10.6 Å². The number of likely N-dealkylation sites (N-methyl/N-ethyl adjacent to an activating group) is 1. The predicted octanol–water partition coefficient (Wildman–Crippen LogP) is 0.954. The fourth-order valence-electron chi connectivity index (χ4n) is 2.29. The average molecular weight is 228 g/mol. The molecule has 1 aromatic rings. The SMILES string of the molecule is CNCC1(c2ccncc2)CCNC1.Cl. The molecule has 0 radical (unpaired) electrons. The zero-order valence-electron chi connectivity index (χ0n) is 8.99. The lowest BCUT2D eigenvalue weighted by molar-refractivity contribution is 0.447. The van der Waals surface area contributed by atoms with Crippen LogP contribution in [0, 0.1) is 0 Å². The van der Waals surface area contributed by atoms with Crippen LogP contribution in [0.4, 0.5) is 0 Å². The van der Waals surface area contributed by atoms with Gasteiger partial charge in [0, 0.05) is 30.9 Å². The number of nitrogens with zero attached hydrogens (tertiary/aromatic N) is 1. The van der Waals surface area contributed by atoms with Gasteiger partial charge in [0.2, 0.25) is 0 Å². The van der Waals surface area contributed by atoms with E-state index in [1.54, 1.807) is 0 Å². The number of halogens is 1. The number of pyridine rings is 1. The Balaban J connectivity index is 0.00000112. The highest BCUT2D eigenvalue weighted by Crippen LogP contribution is 2.29. The first kappa shape index (κ1) is 12.4. The zero-order chi connectivity index (χ0) is 9.86. The Hall–Kier alpha value is -0.640. The number of hydrogen-bond acceptors (Lipinski definition) is 3. The molecule has 1 aliphatic heterocycles. The lowest BCUT2D eigenvalue weighted by Crippen LogP contribution is -2.38. The van der Waals surface area contributed by atoms with E-state index in [0.717, 1.165) is 19.6 Å². The maximum absolute atomic E-state index is 4.07. The molecule has 1 aliphatic rings. The molecule has 0 aromatic carbocycles. The summed E-state index contributed by atoms with van der Waals surface area (Å²) in [6.07, 6.45) is 4.97. The molecule has 3 nitrogen and oxygen atoms in total. The first-order valence-corrected chi connectivity index (χ1v) is 5.13. The third kappa shape index (κ3) is 2.48. The van der Waals surface area contributed by atoms with Gasteiger partial charge in [0.25, 0.3) is 0 Å². The van der Waals surface area contributed by atoms with Crippen LogP contribution in [0.1, 0.15) is 12.0 Å². The van der Waals surface area contributed by atoms with E-state index in [-0.39, 0.29) is 17.8 Å². The van der Waals surface area contributed by atoms with Crippen molar-refractivity contribution in [2.45, 2.75) is 11.8 Å². The van der Waals surface area contributed by atoms with Crippen LogP contribution in [-0.4, -0.2) is 31.7 Å². The third-order valence-corrected chi connectivity index (χ3v) is 3.05.